The van der Waals surface area contributed by atoms with Crippen molar-refractivity contribution in [1.29, 1.82) is 5.26 Å². The fourth-order valence-electron chi connectivity index (χ4n) is 0.542. The van der Waals surface area contributed by atoms with Gasteiger partial charge in [0.25, 0.3) is 0 Å². The molecule has 0 amide bonds. The molecule has 0 rings (SSSR count). The number of nitriles is 1. The predicted octanol–water partition coefficient (Wildman–Crippen LogP) is 0.477. The van der Waals surface area contributed by atoms with Crippen LogP contribution < -0.4 is 0 Å². The van der Waals surface area contributed by atoms with E-state index in [1.54, 1.807) is 7.11 Å². The lowest BCUT2D eigenvalue weighted by Crippen LogP contribution is -2.43. The molecule has 0 fully saturated rings. The summed E-state index contributed by atoms with van der Waals surface area (Å²) in [6, 6.07) is 2.18. The average Bonchev–Trinajstić information content (AvgIpc) is 1.88. The van der Waals surface area contributed by atoms with E-state index >= 15 is 0 Å². The predicted molar refractivity (Wildman–Crippen MR) is 39.6 cm³/mol. The van der Waals surface area contributed by atoms with Crippen LogP contribution in [0.15, 0.2) is 0 Å². The summed E-state index contributed by atoms with van der Waals surface area (Å²) in [5.41, 5.74) is -0.491. The SMILES string of the molecule is COCC(C)(C#N)N(C)C. The highest BCUT2D eigenvalue weighted by atomic mass is 16.5. The molecule has 0 bridgehead atoms. The van der Waals surface area contributed by atoms with Gasteiger partial charge in [-0.05, 0) is 21.0 Å². The maximum Gasteiger partial charge on any atom is 0.129 e. The van der Waals surface area contributed by atoms with Crippen molar-refractivity contribution >= 4 is 0 Å². The lowest BCUT2D eigenvalue weighted by molar-refractivity contribution is 0.0897. The van der Waals surface area contributed by atoms with Crippen molar-refractivity contribution in [3.05, 3.63) is 0 Å². The summed E-state index contributed by atoms with van der Waals surface area (Å²) in [6.45, 7) is 2.28. The largest absolute Gasteiger partial charge is 0.382 e. The Kier molecular flexibility index (Phi) is 3.34. The van der Waals surface area contributed by atoms with Crippen LogP contribution in [0.1, 0.15) is 6.92 Å². The number of nitrogens with zero attached hydrogens (tertiary/aromatic N) is 2. The van der Waals surface area contributed by atoms with Crippen molar-refractivity contribution in [1.82, 2.24) is 4.90 Å². The van der Waals surface area contributed by atoms with Crippen LogP contribution in [-0.4, -0.2) is 38.3 Å². The Morgan fingerprint density at radius 1 is 1.60 bits per heavy atom. The fraction of sp³-hybridized carbons (Fsp3) is 0.857. The lowest BCUT2D eigenvalue weighted by atomic mass is 10.1. The summed E-state index contributed by atoms with van der Waals surface area (Å²) >= 11 is 0. The van der Waals surface area contributed by atoms with E-state index in [0.29, 0.717) is 6.61 Å². The second-order valence-corrected chi connectivity index (χ2v) is 2.71. The molecular weight excluding hydrogens is 128 g/mol. The van der Waals surface area contributed by atoms with Gasteiger partial charge in [-0.25, -0.2) is 0 Å². The van der Waals surface area contributed by atoms with Gasteiger partial charge in [-0.15, -0.1) is 0 Å². The van der Waals surface area contributed by atoms with Crippen LogP contribution in [0.3, 0.4) is 0 Å². The monoisotopic (exact) mass is 142 g/mol. The van der Waals surface area contributed by atoms with Gasteiger partial charge in [-0.3, -0.25) is 4.90 Å². The number of rotatable bonds is 3. The van der Waals surface area contributed by atoms with Crippen molar-refractivity contribution in [3.63, 3.8) is 0 Å². The quantitative estimate of drug-likeness (QED) is 0.575. The third kappa shape index (κ3) is 1.98. The van der Waals surface area contributed by atoms with Crippen molar-refractivity contribution in [2.45, 2.75) is 12.5 Å². The van der Waals surface area contributed by atoms with E-state index in [2.05, 4.69) is 6.07 Å². The summed E-state index contributed by atoms with van der Waals surface area (Å²) in [5, 5.41) is 8.72. The van der Waals surface area contributed by atoms with Crippen molar-refractivity contribution < 1.29 is 4.74 Å². The molecule has 0 heterocycles. The molecule has 0 aliphatic heterocycles. The van der Waals surface area contributed by atoms with Gasteiger partial charge in [0.15, 0.2) is 0 Å². The first-order valence-corrected chi connectivity index (χ1v) is 3.14. The molecule has 0 aliphatic rings. The summed E-state index contributed by atoms with van der Waals surface area (Å²) in [4.78, 5) is 1.84. The zero-order chi connectivity index (χ0) is 8.20. The molecule has 3 heteroatoms. The first kappa shape index (κ1) is 9.41. The van der Waals surface area contributed by atoms with Gasteiger partial charge >= 0.3 is 0 Å². The Morgan fingerprint density at radius 2 is 2.10 bits per heavy atom. The van der Waals surface area contributed by atoms with Crippen LogP contribution in [-0.2, 0) is 4.74 Å². The number of likely N-dealkylation sites (N-methyl/N-ethyl adjacent to an activating group) is 1. The highest BCUT2D eigenvalue weighted by Crippen LogP contribution is 2.08. The normalized spacial score (nSPS) is 16.4. The van der Waals surface area contributed by atoms with Crippen LogP contribution in [0, 0.1) is 11.3 Å². The van der Waals surface area contributed by atoms with Crippen molar-refractivity contribution in [3.8, 4) is 6.07 Å². The van der Waals surface area contributed by atoms with E-state index in [1.807, 2.05) is 25.9 Å². The molecule has 0 saturated heterocycles. The maximum absolute atomic E-state index is 8.72. The fourth-order valence-corrected chi connectivity index (χ4v) is 0.542. The second kappa shape index (κ2) is 3.55. The Bertz CT molecular complexity index is 139. The third-order valence-corrected chi connectivity index (χ3v) is 1.65. The average molecular weight is 142 g/mol. The Morgan fingerprint density at radius 3 is 2.20 bits per heavy atom. The van der Waals surface area contributed by atoms with E-state index in [4.69, 9.17) is 10.00 Å². The summed E-state index contributed by atoms with van der Waals surface area (Å²) in [7, 11) is 5.32. The van der Waals surface area contributed by atoms with Crippen molar-refractivity contribution in [2.24, 2.45) is 0 Å². The summed E-state index contributed by atoms with van der Waals surface area (Å²) in [6.07, 6.45) is 0. The van der Waals surface area contributed by atoms with E-state index in [9.17, 15) is 0 Å². The molecule has 0 spiro atoms. The molecular formula is C7H14N2O. The lowest BCUT2D eigenvalue weighted by Gasteiger charge is -2.27. The zero-order valence-electron chi connectivity index (χ0n) is 7.01. The first-order valence-electron chi connectivity index (χ1n) is 3.14. The molecule has 0 aromatic rings. The molecule has 58 valence electrons. The minimum Gasteiger partial charge on any atom is -0.382 e. The van der Waals surface area contributed by atoms with Gasteiger partial charge < -0.3 is 4.74 Å². The number of hydrogen-bond donors (Lipinski definition) is 0. The summed E-state index contributed by atoms with van der Waals surface area (Å²) < 4.78 is 4.89. The smallest absolute Gasteiger partial charge is 0.129 e. The Labute approximate surface area is 62.2 Å². The Balaban J connectivity index is 4.12. The topological polar surface area (TPSA) is 36.3 Å². The molecule has 10 heavy (non-hydrogen) atoms. The minimum absolute atomic E-state index is 0.441. The first-order chi connectivity index (χ1) is 4.56. The number of hydrogen-bond acceptors (Lipinski definition) is 3. The Hall–Kier alpha value is -0.590. The van der Waals surface area contributed by atoms with Crippen LogP contribution in [0.5, 0.6) is 0 Å². The van der Waals surface area contributed by atoms with Gasteiger partial charge in [-0.1, -0.05) is 0 Å². The van der Waals surface area contributed by atoms with Crippen LogP contribution in [0.25, 0.3) is 0 Å². The molecule has 0 N–H and O–H groups in total. The van der Waals surface area contributed by atoms with Gasteiger partial charge in [0.05, 0.1) is 12.7 Å². The van der Waals surface area contributed by atoms with E-state index in [1.165, 1.54) is 0 Å². The summed E-state index contributed by atoms with van der Waals surface area (Å²) in [5.74, 6) is 0. The molecule has 0 radical (unpaired) electrons. The van der Waals surface area contributed by atoms with Gasteiger partial charge in [0, 0.05) is 7.11 Å². The van der Waals surface area contributed by atoms with E-state index < -0.39 is 5.54 Å². The molecule has 1 atom stereocenters. The molecule has 3 nitrogen and oxygen atoms in total. The van der Waals surface area contributed by atoms with Crippen LogP contribution in [0.4, 0.5) is 0 Å². The van der Waals surface area contributed by atoms with E-state index in [0.717, 1.165) is 0 Å². The minimum atomic E-state index is -0.491. The number of methoxy groups -OCH3 is 1. The third-order valence-electron chi connectivity index (χ3n) is 1.65. The van der Waals surface area contributed by atoms with Gasteiger partial charge in [-0.2, -0.15) is 5.26 Å². The molecule has 0 aromatic heterocycles. The maximum atomic E-state index is 8.72. The molecule has 0 aromatic carbocycles. The highest BCUT2D eigenvalue weighted by molar-refractivity contribution is 5.03. The van der Waals surface area contributed by atoms with Crippen molar-refractivity contribution in [2.75, 3.05) is 27.8 Å². The van der Waals surface area contributed by atoms with Gasteiger partial charge in [0.2, 0.25) is 0 Å². The van der Waals surface area contributed by atoms with Crippen LogP contribution in [0.2, 0.25) is 0 Å². The standard InChI is InChI=1S/C7H14N2O/c1-7(5-8,6-10-4)9(2)3/h6H2,1-4H3. The molecule has 0 saturated carbocycles. The van der Waals surface area contributed by atoms with Gasteiger partial charge in [0.1, 0.15) is 5.54 Å². The van der Waals surface area contributed by atoms with Crippen LogP contribution >= 0.6 is 0 Å². The molecule has 1 unspecified atom stereocenters. The van der Waals surface area contributed by atoms with E-state index in [-0.39, 0.29) is 0 Å². The second-order valence-electron chi connectivity index (χ2n) is 2.71. The zero-order valence-corrected chi connectivity index (χ0v) is 7.01. The highest BCUT2D eigenvalue weighted by Gasteiger charge is 2.25. The molecule has 0 aliphatic carbocycles. The number of ether oxygens (including phenoxy) is 1.